The molecule has 0 saturated carbocycles. The topological polar surface area (TPSA) is 79.1 Å². The molecule has 1 atom stereocenters. The van der Waals surface area contributed by atoms with E-state index >= 15 is 0 Å². The highest BCUT2D eigenvalue weighted by Crippen LogP contribution is 2.10. The van der Waals surface area contributed by atoms with E-state index in [1.807, 2.05) is 12.1 Å². The second kappa shape index (κ2) is 8.43. The molecule has 0 bridgehead atoms. The maximum absolute atomic E-state index is 11.7. The predicted molar refractivity (Wildman–Crippen MR) is 83.5 cm³/mol. The van der Waals surface area contributed by atoms with Gasteiger partial charge in [0.25, 0.3) is 0 Å². The summed E-state index contributed by atoms with van der Waals surface area (Å²) in [6.07, 6.45) is 3.98. The number of aliphatic imine (C=N–C) groups is 1. The highest BCUT2D eigenvalue weighted by Gasteiger charge is 2.15. The van der Waals surface area contributed by atoms with Crippen LogP contribution in [0.15, 0.2) is 27.8 Å². The first-order chi connectivity index (χ1) is 10.6. The molecule has 1 unspecified atom stereocenters. The summed E-state index contributed by atoms with van der Waals surface area (Å²) in [6.45, 7) is 2.12. The van der Waals surface area contributed by atoms with Crippen molar-refractivity contribution in [3.63, 3.8) is 0 Å². The first kappa shape index (κ1) is 16.4. The van der Waals surface area contributed by atoms with Crippen molar-refractivity contribution in [3.8, 4) is 0 Å². The summed E-state index contributed by atoms with van der Waals surface area (Å²) >= 11 is 0. The van der Waals surface area contributed by atoms with E-state index in [0.717, 1.165) is 25.2 Å². The summed E-state index contributed by atoms with van der Waals surface area (Å²) in [6, 6.07) is 3.72. The third kappa shape index (κ3) is 5.40. The minimum absolute atomic E-state index is 0.0452. The number of nitrogens with zero attached hydrogens (tertiary/aromatic N) is 2. The molecule has 122 valence electrons. The fourth-order valence-electron chi connectivity index (χ4n) is 2.06. The Labute approximate surface area is 130 Å². The maximum atomic E-state index is 11.7. The van der Waals surface area contributed by atoms with Crippen LogP contribution in [-0.4, -0.2) is 56.7 Å². The molecule has 0 radical (unpaired) electrons. The number of furan rings is 1. The van der Waals surface area contributed by atoms with E-state index in [1.165, 1.54) is 4.90 Å². The van der Waals surface area contributed by atoms with Crippen LogP contribution >= 0.6 is 0 Å². The van der Waals surface area contributed by atoms with Crippen molar-refractivity contribution in [3.05, 3.63) is 24.2 Å². The number of amides is 1. The number of guanidine groups is 1. The van der Waals surface area contributed by atoms with Crippen molar-refractivity contribution in [2.24, 2.45) is 4.99 Å². The normalized spacial score (nSPS) is 18.3. The quantitative estimate of drug-likeness (QED) is 0.594. The standard InChI is InChI=1S/C15H24N4O3/c1-19(2)14(20)11-18-15(16-9-12-5-3-7-21-12)17-10-13-6-4-8-22-13/h3,5,7,13H,4,6,8-11H2,1-2H3,(H2,16,17,18). The summed E-state index contributed by atoms with van der Waals surface area (Å²) < 4.78 is 10.9. The molecule has 2 N–H and O–H groups in total. The molecule has 0 aliphatic carbocycles. The summed E-state index contributed by atoms with van der Waals surface area (Å²) in [5, 5.41) is 6.38. The fraction of sp³-hybridized carbons (Fsp3) is 0.600. The molecule has 1 aromatic rings. The van der Waals surface area contributed by atoms with Crippen LogP contribution < -0.4 is 10.6 Å². The molecule has 1 amide bonds. The number of carbonyl (C=O) groups is 1. The van der Waals surface area contributed by atoms with Gasteiger partial charge in [-0.25, -0.2) is 4.99 Å². The Morgan fingerprint density at radius 1 is 1.45 bits per heavy atom. The molecular formula is C15H24N4O3. The van der Waals surface area contributed by atoms with Crippen LogP contribution in [0.4, 0.5) is 0 Å². The lowest BCUT2D eigenvalue weighted by atomic mass is 10.2. The summed E-state index contributed by atoms with van der Waals surface area (Å²) in [5.74, 6) is 1.35. The Hall–Kier alpha value is -2.02. The zero-order valence-corrected chi connectivity index (χ0v) is 13.2. The molecule has 1 aliphatic rings. The Balaban J connectivity index is 1.86. The first-order valence-electron chi connectivity index (χ1n) is 7.51. The van der Waals surface area contributed by atoms with Crippen molar-refractivity contribution >= 4 is 11.9 Å². The van der Waals surface area contributed by atoms with Gasteiger partial charge >= 0.3 is 0 Å². The third-order valence-corrected chi connectivity index (χ3v) is 3.40. The van der Waals surface area contributed by atoms with E-state index in [1.54, 1.807) is 20.4 Å². The minimum Gasteiger partial charge on any atom is -0.467 e. The number of ether oxygens (including phenoxy) is 1. The lowest BCUT2D eigenvalue weighted by molar-refractivity contribution is -0.127. The van der Waals surface area contributed by atoms with Crippen LogP contribution in [-0.2, 0) is 16.1 Å². The Bertz CT molecular complexity index is 479. The van der Waals surface area contributed by atoms with Gasteiger partial charge in [0.05, 0.1) is 18.9 Å². The zero-order chi connectivity index (χ0) is 15.8. The van der Waals surface area contributed by atoms with Gasteiger partial charge in [0.15, 0.2) is 5.96 Å². The number of hydrogen-bond donors (Lipinski definition) is 2. The van der Waals surface area contributed by atoms with Crippen molar-refractivity contribution in [2.75, 3.05) is 33.8 Å². The van der Waals surface area contributed by atoms with Gasteiger partial charge in [0.1, 0.15) is 12.3 Å². The van der Waals surface area contributed by atoms with Gasteiger partial charge < -0.3 is 24.7 Å². The van der Waals surface area contributed by atoms with E-state index in [0.29, 0.717) is 19.0 Å². The molecule has 2 heterocycles. The smallest absolute Gasteiger partial charge is 0.243 e. The van der Waals surface area contributed by atoms with E-state index in [2.05, 4.69) is 15.6 Å². The van der Waals surface area contributed by atoms with Gasteiger partial charge in [-0.05, 0) is 25.0 Å². The number of nitrogens with one attached hydrogen (secondary N) is 2. The molecule has 0 spiro atoms. The zero-order valence-electron chi connectivity index (χ0n) is 13.2. The van der Waals surface area contributed by atoms with Crippen LogP contribution in [0.25, 0.3) is 0 Å². The number of carbonyl (C=O) groups excluding carboxylic acids is 1. The Morgan fingerprint density at radius 3 is 2.95 bits per heavy atom. The SMILES string of the molecule is CN(C)C(=O)CN=C(NCc1ccco1)NCC1CCCO1. The minimum atomic E-state index is -0.0452. The highest BCUT2D eigenvalue weighted by atomic mass is 16.5. The van der Waals surface area contributed by atoms with E-state index < -0.39 is 0 Å². The molecular weight excluding hydrogens is 284 g/mol. The second-order valence-electron chi connectivity index (χ2n) is 5.40. The van der Waals surface area contributed by atoms with Gasteiger partial charge in [-0.15, -0.1) is 0 Å². The number of rotatable bonds is 6. The maximum Gasteiger partial charge on any atom is 0.243 e. The summed E-state index contributed by atoms with van der Waals surface area (Å²) in [5.41, 5.74) is 0. The van der Waals surface area contributed by atoms with E-state index in [4.69, 9.17) is 9.15 Å². The number of likely N-dealkylation sites (N-methyl/N-ethyl adjacent to an activating group) is 1. The van der Waals surface area contributed by atoms with Crippen molar-refractivity contribution < 1.29 is 13.9 Å². The molecule has 2 rings (SSSR count). The van der Waals surface area contributed by atoms with Crippen molar-refractivity contribution in [1.82, 2.24) is 15.5 Å². The molecule has 1 aromatic heterocycles. The molecule has 1 aliphatic heterocycles. The third-order valence-electron chi connectivity index (χ3n) is 3.40. The highest BCUT2D eigenvalue weighted by molar-refractivity contribution is 5.84. The predicted octanol–water partition coefficient (Wildman–Crippen LogP) is 0.582. The van der Waals surface area contributed by atoms with Gasteiger partial charge in [0, 0.05) is 27.2 Å². The second-order valence-corrected chi connectivity index (χ2v) is 5.40. The Kier molecular flexibility index (Phi) is 6.27. The van der Waals surface area contributed by atoms with Gasteiger partial charge in [0.2, 0.25) is 5.91 Å². The van der Waals surface area contributed by atoms with E-state index in [9.17, 15) is 4.79 Å². The number of hydrogen-bond acceptors (Lipinski definition) is 4. The average Bonchev–Trinajstić information content (AvgIpc) is 3.19. The lowest BCUT2D eigenvalue weighted by Crippen LogP contribution is -2.41. The van der Waals surface area contributed by atoms with Crippen LogP contribution in [0, 0.1) is 0 Å². The molecule has 1 fully saturated rings. The van der Waals surface area contributed by atoms with Gasteiger partial charge in [-0.1, -0.05) is 0 Å². The van der Waals surface area contributed by atoms with E-state index in [-0.39, 0.29) is 18.6 Å². The summed E-state index contributed by atoms with van der Waals surface area (Å²) in [4.78, 5) is 17.5. The monoisotopic (exact) mass is 308 g/mol. The molecule has 7 heteroatoms. The van der Waals surface area contributed by atoms with Gasteiger partial charge in [-0.2, -0.15) is 0 Å². The van der Waals surface area contributed by atoms with Crippen LogP contribution in [0.5, 0.6) is 0 Å². The average molecular weight is 308 g/mol. The van der Waals surface area contributed by atoms with Crippen molar-refractivity contribution in [1.29, 1.82) is 0 Å². The van der Waals surface area contributed by atoms with Crippen molar-refractivity contribution in [2.45, 2.75) is 25.5 Å². The molecule has 1 saturated heterocycles. The first-order valence-corrected chi connectivity index (χ1v) is 7.51. The summed E-state index contributed by atoms with van der Waals surface area (Å²) in [7, 11) is 3.43. The van der Waals surface area contributed by atoms with Crippen LogP contribution in [0.1, 0.15) is 18.6 Å². The Morgan fingerprint density at radius 2 is 2.32 bits per heavy atom. The van der Waals surface area contributed by atoms with Crippen LogP contribution in [0.3, 0.4) is 0 Å². The fourth-order valence-corrected chi connectivity index (χ4v) is 2.06. The van der Waals surface area contributed by atoms with Gasteiger partial charge in [-0.3, -0.25) is 4.79 Å². The molecule has 22 heavy (non-hydrogen) atoms. The lowest BCUT2D eigenvalue weighted by Gasteiger charge is -2.15. The largest absolute Gasteiger partial charge is 0.467 e. The molecule has 0 aromatic carbocycles. The molecule has 7 nitrogen and oxygen atoms in total. The van der Waals surface area contributed by atoms with Crippen LogP contribution in [0.2, 0.25) is 0 Å².